The van der Waals surface area contributed by atoms with E-state index in [-0.39, 0.29) is 30.5 Å². The molecule has 5 nitrogen and oxygen atoms in total. The van der Waals surface area contributed by atoms with Crippen molar-refractivity contribution in [3.05, 3.63) is 0 Å². The Morgan fingerprint density at radius 3 is 2.80 bits per heavy atom. The Hall–Kier alpha value is -0.360. The molecular formula is C14H27ClN2O3. The Kier molecular flexibility index (Phi) is 8.45. The molecule has 6 heteroatoms. The van der Waals surface area contributed by atoms with Crippen LogP contribution < -0.4 is 10.6 Å². The Balaban J connectivity index is 0.00000200. The van der Waals surface area contributed by atoms with Gasteiger partial charge in [0, 0.05) is 31.7 Å². The molecule has 2 N–H and O–H groups in total. The lowest BCUT2D eigenvalue weighted by Gasteiger charge is -2.30. The van der Waals surface area contributed by atoms with Gasteiger partial charge in [-0.2, -0.15) is 0 Å². The number of piperidine rings is 1. The number of halogens is 1. The van der Waals surface area contributed by atoms with Gasteiger partial charge in [0.25, 0.3) is 0 Å². The molecule has 20 heavy (non-hydrogen) atoms. The van der Waals surface area contributed by atoms with Gasteiger partial charge in [-0.25, -0.2) is 0 Å². The Morgan fingerprint density at radius 1 is 1.35 bits per heavy atom. The highest BCUT2D eigenvalue weighted by Gasteiger charge is 2.22. The van der Waals surface area contributed by atoms with Gasteiger partial charge in [-0.05, 0) is 39.2 Å². The van der Waals surface area contributed by atoms with Gasteiger partial charge in [0.05, 0.1) is 12.7 Å². The predicted octanol–water partition coefficient (Wildman–Crippen LogP) is 1.25. The molecule has 2 heterocycles. The van der Waals surface area contributed by atoms with Crippen LogP contribution in [-0.4, -0.2) is 50.5 Å². The maximum atomic E-state index is 11.9. The van der Waals surface area contributed by atoms with Crippen molar-refractivity contribution in [1.82, 2.24) is 10.6 Å². The molecule has 1 amide bonds. The quantitative estimate of drug-likeness (QED) is 0.802. The molecule has 2 unspecified atom stereocenters. The summed E-state index contributed by atoms with van der Waals surface area (Å²) in [6.07, 6.45) is 4.84. The van der Waals surface area contributed by atoms with Crippen LogP contribution in [0.4, 0.5) is 0 Å². The van der Waals surface area contributed by atoms with E-state index in [9.17, 15) is 4.79 Å². The number of ether oxygens (including phenoxy) is 2. The Bertz CT molecular complexity index is 286. The maximum Gasteiger partial charge on any atom is 0.222 e. The fourth-order valence-electron chi connectivity index (χ4n) is 2.68. The average molecular weight is 307 g/mol. The highest BCUT2D eigenvalue weighted by molar-refractivity contribution is 5.85. The van der Waals surface area contributed by atoms with Gasteiger partial charge in [-0.3, -0.25) is 4.79 Å². The minimum Gasteiger partial charge on any atom is -0.381 e. The van der Waals surface area contributed by atoms with Gasteiger partial charge >= 0.3 is 0 Å². The zero-order valence-corrected chi connectivity index (χ0v) is 13.0. The number of carbonyl (C=O) groups is 1. The van der Waals surface area contributed by atoms with Crippen molar-refractivity contribution >= 4 is 18.3 Å². The molecule has 0 bridgehead atoms. The van der Waals surface area contributed by atoms with E-state index >= 15 is 0 Å². The second-order valence-corrected chi connectivity index (χ2v) is 5.49. The van der Waals surface area contributed by atoms with Crippen molar-refractivity contribution < 1.29 is 14.3 Å². The number of hydrogen-bond donors (Lipinski definition) is 2. The summed E-state index contributed by atoms with van der Waals surface area (Å²) >= 11 is 0. The van der Waals surface area contributed by atoms with E-state index in [0.29, 0.717) is 19.1 Å². The van der Waals surface area contributed by atoms with Crippen LogP contribution in [0.25, 0.3) is 0 Å². The maximum absolute atomic E-state index is 11.9. The first-order valence-electron chi connectivity index (χ1n) is 7.48. The van der Waals surface area contributed by atoms with E-state index in [1.807, 2.05) is 0 Å². The van der Waals surface area contributed by atoms with Crippen LogP contribution in [0.1, 0.15) is 39.0 Å². The molecule has 0 saturated carbocycles. The van der Waals surface area contributed by atoms with Crippen molar-refractivity contribution in [3.63, 3.8) is 0 Å². The number of nitrogens with one attached hydrogen (secondary N) is 2. The normalized spacial score (nSPS) is 27.6. The summed E-state index contributed by atoms with van der Waals surface area (Å²) in [6.45, 7) is 5.26. The monoisotopic (exact) mass is 306 g/mol. The highest BCUT2D eigenvalue weighted by atomic mass is 35.5. The van der Waals surface area contributed by atoms with Crippen molar-refractivity contribution in [2.75, 3.05) is 26.4 Å². The molecule has 0 aromatic carbocycles. The SMILES string of the molecule is CC1NCCCC1NC(=O)CCOC1CCOCC1.Cl. The van der Waals surface area contributed by atoms with Gasteiger partial charge in [-0.15, -0.1) is 12.4 Å². The van der Waals surface area contributed by atoms with Crippen molar-refractivity contribution in [3.8, 4) is 0 Å². The predicted molar refractivity (Wildman–Crippen MR) is 80.3 cm³/mol. The lowest BCUT2D eigenvalue weighted by Crippen LogP contribution is -2.52. The molecule has 2 fully saturated rings. The van der Waals surface area contributed by atoms with Crippen LogP contribution in [0.2, 0.25) is 0 Å². The van der Waals surface area contributed by atoms with E-state index in [1.54, 1.807) is 0 Å². The van der Waals surface area contributed by atoms with Crippen molar-refractivity contribution in [2.45, 2.75) is 57.2 Å². The molecule has 0 aromatic heterocycles. The molecule has 0 radical (unpaired) electrons. The van der Waals surface area contributed by atoms with Crippen LogP contribution in [-0.2, 0) is 14.3 Å². The smallest absolute Gasteiger partial charge is 0.222 e. The third-order valence-corrected chi connectivity index (χ3v) is 3.96. The van der Waals surface area contributed by atoms with Gasteiger partial charge in [-0.1, -0.05) is 0 Å². The van der Waals surface area contributed by atoms with Crippen molar-refractivity contribution in [1.29, 1.82) is 0 Å². The Morgan fingerprint density at radius 2 is 2.10 bits per heavy atom. The third kappa shape index (κ3) is 5.95. The van der Waals surface area contributed by atoms with Gasteiger partial charge in [0.1, 0.15) is 0 Å². The van der Waals surface area contributed by atoms with E-state index in [4.69, 9.17) is 9.47 Å². The lowest BCUT2D eigenvalue weighted by molar-refractivity contribution is -0.124. The van der Waals surface area contributed by atoms with Crippen molar-refractivity contribution in [2.24, 2.45) is 0 Å². The standard InChI is InChI=1S/C14H26N2O3.ClH/c1-11-13(3-2-7-15-11)16-14(17)6-10-19-12-4-8-18-9-5-12;/h11-13,15H,2-10H2,1H3,(H,16,17);1H. The molecule has 2 aliphatic rings. The van der Waals surface area contributed by atoms with Gasteiger partial charge in [0.2, 0.25) is 5.91 Å². The van der Waals surface area contributed by atoms with Crippen LogP contribution in [0, 0.1) is 0 Å². The summed E-state index contributed by atoms with van der Waals surface area (Å²) in [5.74, 6) is 0.104. The number of rotatable bonds is 5. The zero-order valence-electron chi connectivity index (χ0n) is 12.2. The molecule has 2 aliphatic heterocycles. The fraction of sp³-hybridized carbons (Fsp3) is 0.929. The number of amides is 1. The minimum atomic E-state index is 0. The third-order valence-electron chi connectivity index (χ3n) is 3.96. The summed E-state index contributed by atoms with van der Waals surface area (Å²) in [5, 5.41) is 6.49. The van der Waals surface area contributed by atoms with E-state index in [0.717, 1.165) is 45.4 Å². The second-order valence-electron chi connectivity index (χ2n) is 5.49. The molecule has 2 atom stereocenters. The molecule has 2 saturated heterocycles. The number of hydrogen-bond acceptors (Lipinski definition) is 4. The average Bonchev–Trinajstić information content (AvgIpc) is 2.43. The molecule has 0 aromatic rings. The molecule has 0 aliphatic carbocycles. The van der Waals surface area contributed by atoms with Crippen LogP contribution in [0.5, 0.6) is 0 Å². The molecule has 0 spiro atoms. The molecule has 118 valence electrons. The summed E-state index contributed by atoms with van der Waals surface area (Å²) in [6, 6.07) is 0.637. The fourth-order valence-corrected chi connectivity index (χ4v) is 2.68. The number of carbonyl (C=O) groups excluding carboxylic acids is 1. The topological polar surface area (TPSA) is 59.6 Å². The summed E-state index contributed by atoms with van der Waals surface area (Å²) in [5.41, 5.74) is 0. The first kappa shape index (κ1) is 17.7. The summed E-state index contributed by atoms with van der Waals surface area (Å²) in [4.78, 5) is 11.9. The minimum absolute atomic E-state index is 0. The summed E-state index contributed by atoms with van der Waals surface area (Å²) in [7, 11) is 0. The van der Waals surface area contributed by atoms with Crippen LogP contribution in [0.15, 0.2) is 0 Å². The highest BCUT2D eigenvalue weighted by Crippen LogP contribution is 2.11. The van der Waals surface area contributed by atoms with Crippen LogP contribution >= 0.6 is 12.4 Å². The molecular weight excluding hydrogens is 280 g/mol. The summed E-state index contributed by atoms with van der Waals surface area (Å²) < 4.78 is 11.0. The molecule has 2 rings (SSSR count). The first-order valence-corrected chi connectivity index (χ1v) is 7.48. The lowest BCUT2D eigenvalue weighted by atomic mass is 10.00. The van der Waals surface area contributed by atoms with E-state index < -0.39 is 0 Å². The first-order chi connectivity index (χ1) is 9.25. The Labute approximate surface area is 127 Å². The largest absolute Gasteiger partial charge is 0.381 e. The van der Waals surface area contributed by atoms with E-state index in [2.05, 4.69) is 17.6 Å². The van der Waals surface area contributed by atoms with E-state index in [1.165, 1.54) is 0 Å². The van der Waals surface area contributed by atoms with Crippen LogP contribution in [0.3, 0.4) is 0 Å². The van der Waals surface area contributed by atoms with Gasteiger partial charge in [0.15, 0.2) is 0 Å². The van der Waals surface area contributed by atoms with Gasteiger partial charge < -0.3 is 20.1 Å². The zero-order chi connectivity index (χ0) is 13.5. The second kappa shape index (κ2) is 9.55.